The highest BCUT2D eigenvalue weighted by Crippen LogP contribution is 2.28. The normalized spacial score (nSPS) is 12.2. The van der Waals surface area contributed by atoms with Gasteiger partial charge in [-0.05, 0) is 55.3 Å². The number of fused-ring (bicyclic) bond motifs is 1. The zero-order valence-corrected chi connectivity index (χ0v) is 17.7. The van der Waals surface area contributed by atoms with Crippen LogP contribution in [0.25, 0.3) is 33.4 Å². The summed E-state index contributed by atoms with van der Waals surface area (Å²) in [6, 6.07) is 18.6. The lowest BCUT2D eigenvalue weighted by Gasteiger charge is -2.17. The van der Waals surface area contributed by atoms with Crippen LogP contribution in [0.15, 0.2) is 77.7 Å². The van der Waals surface area contributed by atoms with E-state index in [4.69, 9.17) is 4.42 Å². The molecule has 3 aromatic heterocycles. The number of rotatable bonds is 5. The van der Waals surface area contributed by atoms with Gasteiger partial charge in [0.05, 0.1) is 18.2 Å². The molecule has 1 unspecified atom stereocenters. The molecule has 0 aliphatic rings. The minimum atomic E-state index is 0.0788. The molecule has 6 nitrogen and oxygen atoms in total. The summed E-state index contributed by atoms with van der Waals surface area (Å²) in [5.74, 6) is 1.53. The van der Waals surface area contributed by atoms with Crippen LogP contribution in [0, 0.1) is 6.92 Å². The fourth-order valence-electron chi connectivity index (χ4n) is 3.78. The Labute approximate surface area is 180 Å². The van der Waals surface area contributed by atoms with Gasteiger partial charge in [0.2, 0.25) is 0 Å². The van der Waals surface area contributed by atoms with E-state index >= 15 is 0 Å². The molecule has 6 heteroatoms. The molecule has 0 spiro atoms. The molecule has 0 saturated carbocycles. The molecule has 1 N–H and O–H groups in total. The Morgan fingerprint density at radius 2 is 1.87 bits per heavy atom. The highest BCUT2D eigenvalue weighted by Gasteiger charge is 2.11. The van der Waals surface area contributed by atoms with Gasteiger partial charge in [0.1, 0.15) is 17.2 Å². The zero-order chi connectivity index (χ0) is 21.4. The third-order valence-electron chi connectivity index (χ3n) is 5.38. The molecular weight excluding hydrogens is 386 g/mol. The SMILES string of the molecule is Cc1nc(NC(C)c2cccc(-c3cnn(C)c3)c2)cc(-c2ccc3occc3c2)n1. The summed E-state index contributed by atoms with van der Waals surface area (Å²) < 4.78 is 7.27. The van der Waals surface area contributed by atoms with E-state index in [-0.39, 0.29) is 6.04 Å². The summed E-state index contributed by atoms with van der Waals surface area (Å²) in [6.45, 7) is 4.05. The Balaban J connectivity index is 1.42. The summed E-state index contributed by atoms with van der Waals surface area (Å²) in [4.78, 5) is 9.25. The number of aromatic nitrogens is 4. The Hall–Kier alpha value is -3.93. The molecule has 0 radical (unpaired) electrons. The fraction of sp³-hybridized carbons (Fsp3) is 0.160. The third-order valence-corrected chi connectivity index (χ3v) is 5.38. The first-order valence-electron chi connectivity index (χ1n) is 10.2. The highest BCUT2D eigenvalue weighted by atomic mass is 16.3. The van der Waals surface area contributed by atoms with Crippen LogP contribution >= 0.6 is 0 Å². The third kappa shape index (κ3) is 3.92. The van der Waals surface area contributed by atoms with Gasteiger partial charge in [-0.25, -0.2) is 9.97 Å². The van der Waals surface area contributed by atoms with E-state index in [1.54, 1.807) is 6.26 Å². The summed E-state index contributed by atoms with van der Waals surface area (Å²) >= 11 is 0. The van der Waals surface area contributed by atoms with Crippen molar-refractivity contribution in [1.29, 1.82) is 0 Å². The number of hydrogen-bond donors (Lipinski definition) is 1. The summed E-state index contributed by atoms with van der Waals surface area (Å²) in [6.07, 6.45) is 5.61. The number of nitrogens with zero attached hydrogens (tertiary/aromatic N) is 4. The van der Waals surface area contributed by atoms with Gasteiger partial charge in [0.15, 0.2) is 0 Å². The smallest absolute Gasteiger partial charge is 0.133 e. The standard InChI is InChI=1S/C25H23N5O/c1-16(18-5-4-6-19(11-18)22-14-26-30(3)15-22)27-25-13-23(28-17(2)29-25)20-7-8-24-21(12-20)9-10-31-24/h4-16H,1-3H3,(H,27,28,29). The van der Waals surface area contributed by atoms with E-state index in [1.165, 1.54) is 5.56 Å². The second-order valence-corrected chi connectivity index (χ2v) is 7.75. The maximum absolute atomic E-state index is 5.45. The van der Waals surface area contributed by atoms with Crippen LogP contribution in [-0.2, 0) is 7.05 Å². The maximum atomic E-state index is 5.45. The second kappa shape index (κ2) is 7.72. The Kier molecular flexibility index (Phi) is 4.75. The monoisotopic (exact) mass is 409 g/mol. The number of furan rings is 1. The van der Waals surface area contributed by atoms with Crippen molar-refractivity contribution >= 4 is 16.8 Å². The van der Waals surface area contributed by atoms with Crippen molar-refractivity contribution in [2.45, 2.75) is 19.9 Å². The minimum Gasteiger partial charge on any atom is -0.464 e. The molecule has 5 rings (SSSR count). The average molecular weight is 409 g/mol. The molecule has 0 amide bonds. The molecule has 0 aliphatic heterocycles. The van der Waals surface area contributed by atoms with Gasteiger partial charge in [0, 0.05) is 41.9 Å². The Morgan fingerprint density at radius 3 is 2.71 bits per heavy atom. The predicted molar refractivity (Wildman–Crippen MR) is 123 cm³/mol. The summed E-state index contributed by atoms with van der Waals surface area (Å²) in [5, 5.41) is 8.87. The number of hydrogen-bond acceptors (Lipinski definition) is 5. The van der Waals surface area contributed by atoms with Gasteiger partial charge >= 0.3 is 0 Å². The van der Waals surface area contributed by atoms with Crippen molar-refractivity contribution in [2.24, 2.45) is 7.05 Å². The number of anilines is 1. The first-order chi connectivity index (χ1) is 15.0. The number of aryl methyl sites for hydroxylation is 2. The van der Waals surface area contributed by atoms with E-state index in [0.717, 1.165) is 45.0 Å². The molecular formula is C25H23N5O. The molecule has 2 aromatic carbocycles. The van der Waals surface area contributed by atoms with Crippen molar-refractivity contribution in [3.63, 3.8) is 0 Å². The van der Waals surface area contributed by atoms with E-state index < -0.39 is 0 Å². The van der Waals surface area contributed by atoms with Crippen molar-refractivity contribution in [2.75, 3.05) is 5.32 Å². The van der Waals surface area contributed by atoms with Crippen molar-refractivity contribution < 1.29 is 4.42 Å². The van der Waals surface area contributed by atoms with Gasteiger partial charge in [-0.15, -0.1) is 0 Å². The molecule has 31 heavy (non-hydrogen) atoms. The Morgan fingerprint density at radius 1 is 0.968 bits per heavy atom. The quantitative estimate of drug-likeness (QED) is 0.399. The van der Waals surface area contributed by atoms with Crippen LogP contribution in [0.2, 0.25) is 0 Å². The summed E-state index contributed by atoms with van der Waals surface area (Å²) in [7, 11) is 1.93. The van der Waals surface area contributed by atoms with Crippen LogP contribution in [-0.4, -0.2) is 19.7 Å². The second-order valence-electron chi connectivity index (χ2n) is 7.75. The van der Waals surface area contributed by atoms with Crippen LogP contribution in [0.1, 0.15) is 24.4 Å². The van der Waals surface area contributed by atoms with E-state index in [9.17, 15) is 0 Å². The molecule has 5 aromatic rings. The minimum absolute atomic E-state index is 0.0788. The van der Waals surface area contributed by atoms with Crippen molar-refractivity contribution in [3.8, 4) is 22.4 Å². The highest BCUT2D eigenvalue weighted by molar-refractivity contribution is 5.83. The maximum Gasteiger partial charge on any atom is 0.133 e. The van der Waals surface area contributed by atoms with Crippen LogP contribution < -0.4 is 5.32 Å². The molecule has 0 fully saturated rings. The average Bonchev–Trinajstić information content (AvgIpc) is 3.41. The van der Waals surface area contributed by atoms with Crippen LogP contribution in [0.4, 0.5) is 5.82 Å². The molecule has 0 aliphatic carbocycles. The molecule has 0 bridgehead atoms. The first kappa shape index (κ1) is 19.1. The summed E-state index contributed by atoms with van der Waals surface area (Å²) in [5.41, 5.74) is 6.22. The topological polar surface area (TPSA) is 68.8 Å². The predicted octanol–water partition coefficient (Wildman–Crippen LogP) is 5.77. The van der Waals surface area contributed by atoms with Gasteiger partial charge < -0.3 is 9.73 Å². The van der Waals surface area contributed by atoms with Crippen molar-refractivity contribution in [3.05, 3.63) is 84.6 Å². The van der Waals surface area contributed by atoms with Gasteiger partial charge in [-0.1, -0.05) is 18.2 Å². The fourth-order valence-corrected chi connectivity index (χ4v) is 3.78. The van der Waals surface area contributed by atoms with Gasteiger partial charge in [-0.2, -0.15) is 5.10 Å². The van der Waals surface area contributed by atoms with E-state index in [0.29, 0.717) is 0 Å². The van der Waals surface area contributed by atoms with Gasteiger partial charge in [0.25, 0.3) is 0 Å². The molecule has 154 valence electrons. The zero-order valence-electron chi connectivity index (χ0n) is 17.7. The largest absolute Gasteiger partial charge is 0.464 e. The first-order valence-corrected chi connectivity index (χ1v) is 10.2. The van der Waals surface area contributed by atoms with Crippen LogP contribution in [0.5, 0.6) is 0 Å². The lowest BCUT2D eigenvalue weighted by molar-refractivity contribution is 0.616. The lowest BCUT2D eigenvalue weighted by atomic mass is 10.0. The van der Waals surface area contributed by atoms with Gasteiger partial charge in [-0.3, -0.25) is 4.68 Å². The molecule has 1 atom stereocenters. The lowest BCUT2D eigenvalue weighted by Crippen LogP contribution is -2.09. The number of nitrogens with one attached hydrogen (secondary N) is 1. The molecule has 0 saturated heterocycles. The van der Waals surface area contributed by atoms with Crippen LogP contribution in [0.3, 0.4) is 0 Å². The number of benzene rings is 2. The van der Waals surface area contributed by atoms with Crippen molar-refractivity contribution in [1.82, 2.24) is 19.7 Å². The Bertz CT molecular complexity index is 1370. The van der Waals surface area contributed by atoms with E-state index in [2.05, 4.69) is 57.6 Å². The van der Waals surface area contributed by atoms with E-state index in [1.807, 2.05) is 55.3 Å². The molecule has 3 heterocycles.